The zero-order chi connectivity index (χ0) is 9.26. The van der Waals surface area contributed by atoms with Gasteiger partial charge in [-0.25, -0.2) is 4.79 Å². The van der Waals surface area contributed by atoms with Crippen LogP contribution in [0.3, 0.4) is 0 Å². The number of carbonyl (C=O) groups is 2. The van der Waals surface area contributed by atoms with Crippen LogP contribution in [0.15, 0.2) is 23.0 Å². The zero-order valence-corrected chi connectivity index (χ0v) is 6.82. The van der Waals surface area contributed by atoms with Gasteiger partial charge in [0.25, 0.3) is 0 Å². The molecule has 1 aliphatic heterocycles. The molecule has 0 saturated carbocycles. The Morgan fingerprint density at radius 2 is 2.38 bits per heavy atom. The van der Waals surface area contributed by atoms with Crippen LogP contribution in [-0.4, -0.2) is 23.4 Å². The van der Waals surface area contributed by atoms with Crippen LogP contribution in [0.1, 0.15) is 5.56 Å². The molecular weight excluding hydrogens is 172 g/mol. The fourth-order valence-corrected chi connectivity index (χ4v) is 1.21. The highest BCUT2D eigenvalue weighted by atomic mass is 16.3. The van der Waals surface area contributed by atoms with E-state index in [0.717, 1.165) is 5.56 Å². The molecule has 0 spiro atoms. The van der Waals surface area contributed by atoms with E-state index in [-0.39, 0.29) is 18.5 Å². The highest BCUT2D eigenvalue weighted by molar-refractivity contribution is 6.01. The number of furan rings is 1. The van der Waals surface area contributed by atoms with Crippen molar-refractivity contribution in [1.29, 1.82) is 0 Å². The number of hydrogen-bond donors (Lipinski definition) is 1. The highest BCUT2D eigenvalue weighted by Gasteiger charge is 2.26. The van der Waals surface area contributed by atoms with Gasteiger partial charge in [0.15, 0.2) is 0 Å². The average Bonchev–Trinajstić information content (AvgIpc) is 2.63. The third-order valence-electron chi connectivity index (χ3n) is 1.82. The van der Waals surface area contributed by atoms with Crippen molar-refractivity contribution in [2.24, 2.45) is 0 Å². The molecule has 1 aromatic rings. The van der Waals surface area contributed by atoms with Crippen LogP contribution in [0, 0.1) is 0 Å². The second kappa shape index (κ2) is 2.93. The van der Waals surface area contributed by atoms with E-state index in [0.29, 0.717) is 6.54 Å². The number of hydrogen-bond acceptors (Lipinski definition) is 3. The molecule has 2 heterocycles. The molecule has 0 aromatic carbocycles. The average molecular weight is 180 g/mol. The van der Waals surface area contributed by atoms with Crippen LogP contribution in [0.4, 0.5) is 4.79 Å². The van der Waals surface area contributed by atoms with Gasteiger partial charge in [-0.2, -0.15) is 0 Å². The first-order valence-corrected chi connectivity index (χ1v) is 3.85. The Kier molecular flexibility index (Phi) is 1.77. The molecule has 5 nitrogen and oxygen atoms in total. The standard InChI is InChI=1S/C8H8N2O3/c11-7-4-10(8(12)9-7)3-6-1-2-13-5-6/h1-2,5H,3-4H2,(H,9,11,12). The second-order valence-corrected chi connectivity index (χ2v) is 2.84. The minimum Gasteiger partial charge on any atom is -0.472 e. The van der Waals surface area contributed by atoms with Crippen molar-refractivity contribution < 1.29 is 14.0 Å². The minimum absolute atomic E-state index is 0.129. The molecule has 0 radical (unpaired) electrons. The molecule has 68 valence electrons. The summed E-state index contributed by atoms with van der Waals surface area (Å²) in [6.45, 7) is 0.540. The molecule has 1 saturated heterocycles. The Bertz CT molecular complexity index is 331. The third-order valence-corrected chi connectivity index (χ3v) is 1.82. The van der Waals surface area contributed by atoms with E-state index in [4.69, 9.17) is 4.42 Å². The van der Waals surface area contributed by atoms with Crippen molar-refractivity contribution in [2.75, 3.05) is 6.54 Å². The van der Waals surface area contributed by atoms with E-state index in [1.165, 1.54) is 11.2 Å². The molecule has 5 heteroatoms. The van der Waals surface area contributed by atoms with E-state index < -0.39 is 0 Å². The van der Waals surface area contributed by atoms with Gasteiger partial charge in [0.05, 0.1) is 19.1 Å². The lowest BCUT2D eigenvalue weighted by Gasteiger charge is -2.10. The van der Waals surface area contributed by atoms with E-state index in [9.17, 15) is 9.59 Å². The van der Waals surface area contributed by atoms with Gasteiger partial charge in [-0.05, 0) is 6.07 Å². The third kappa shape index (κ3) is 1.53. The molecule has 1 aliphatic rings. The largest absolute Gasteiger partial charge is 0.472 e. The van der Waals surface area contributed by atoms with Crippen molar-refractivity contribution in [3.05, 3.63) is 24.2 Å². The van der Waals surface area contributed by atoms with Crippen molar-refractivity contribution in [2.45, 2.75) is 6.54 Å². The zero-order valence-electron chi connectivity index (χ0n) is 6.82. The van der Waals surface area contributed by atoms with Crippen molar-refractivity contribution in [3.63, 3.8) is 0 Å². The molecule has 0 bridgehead atoms. The van der Waals surface area contributed by atoms with Gasteiger partial charge < -0.3 is 9.32 Å². The van der Waals surface area contributed by atoms with Gasteiger partial charge in [-0.3, -0.25) is 10.1 Å². The Hall–Kier alpha value is -1.78. The maximum Gasteiger partial charge on any atom is 0.324 e. The number of amides is 3. The Balaban J connectivity index is 2.03. The summed E-state index contributed by atoms with van der Waals surface area (Å²) in [6.07, 6.45) is 3.08. The molecule has 0 aliphatic carbocycles. The smallest absolute Gasteiger partial charge is 0.324 e. The quantitative estimate of drug-likeness (QED) is 0.667. The maximum atomic E-state index is 11.1. The van der Waals surface area contributed by atoms with Crippen LogP contribution in [0.25, 0.3) is 0 Å². The number of nitrogens with one attached hydrogen (secondary N) is 1. The predicted molar refractivity (Wildman–Crippen MR) is 42.7 cm³/mol. The first-order valence-electron chi connectivity index (χ1n) is 3.85. The summed E-state index contributed by atoms with van der Waals surface area (Å²) in [4.78, 5) is 23.3. The lowest BCUT2D eigenvalue weighted by Crippen LogP contribution is -2.27. The van der Waals surface area contributed by atoms with Gasteiger partial charge in [0.1, 0.15) is 6.54 Å². The number of nitrogens with zero attached hydrogens (tertiary/aromatic N) is 1. The summed E-state index contributed by atoms with van der Waals surface area (Å²) < 4.78 is 4.84. The van der Waals surface area contributed by atoms with Crippen molar-refractivity contribution in [1.82, 2.24) is 10.2 Å². The summed E-state index contributed by atoms with van der Waals surface area (Å²) in [5.74, 6) is -0.256. The summed E-state index contributed by atoms with van der Waals surface area (Å²) in [6, 6.07) is 1.42. The van der Waals surface area contributed by atoms with E-state index in [2.05, 4.69) is 5.32 Å². The molecular formula is C8H8N2O3. The Morgan fingerprint density at radius 3 is 2.92 bits per heavy atom. The number of carbonyl (C=O) groups excluding carboxylic acids is 2. The molecule has 1 N–H and O–H groups in total. The number of urea groups is 1. The van der Waals surface area contributed by atoms with Crippen LogP contribution in [0.5, 0.6) is 0 Å². The van der Waals surface area contributed by atoms with Gasteiger partial charge in [-0.1, -0.05) is 0 Å². The summed E-state index contributed by atoms with van der Waals surface area (Å²) in [5, 5.41) is 2.20. The van der Waals surface area contributed by atoms with Crippen LogP contribution in [-0.2, 0) is 11.3 Å². The number of imide groups is 1. The molecule has 2 rings (SSSR count). The lowest BCUT2D eigenvalue weighted by atomic mass is 10.3. The van der Waals surface area contributed by atoms with Gasteiger partial charge in [0.2, 0.25) is 5.91 Å². The van der Waals surface area contributed by atoms with Crippen molar-refractivity contribution >= 4 is 11.9 Å². The van der Waals surface area contributed by atoms with Crippen LogP contribution < -0.4 is 5.32 Å². The fraction of sp³-hybridized carbons (Fsp3) is 0.250. The summed E-state index contributed by atoms with van der Waals surface area (Å²) >= 11 is 0. The first kappa shape index (κ1) is 7.85. The van der Waals surface area contributed by atoms with Crippen LogP contribution in [0.2, 0.25) is 0 Å². The Morgan fingerprint density at radius 1 is 1.54 bits per heavy atom. The minimum atomic E-state index is -0.341. The fourth-order valence-electron chi connectivity index (χ4n) is 1.21. The van der Waals surface area contributed by atoms with Gasteiger partial charge in [-0.15, -0.1) is 0 Å². The SMILES string of the molecule is O=C1CN(Cc2ccoc2)C(=O)N1. The lowest BCUT2D eigenvalue weighted by molar-refractivity contribution is -0.118. The monoisotopic (exact) mass is 180 g/mol. The molecule has 13 heavy (non-hydrogen) atoms. The predicted octanol–water partition coefficient (Wildman–Crippen LogP) is 0.331. The maximum absolute atomic E-state index is 11.1. The van der Waals surface area contributed by atoms with E-state index >= 15 is 0 Å². The van der Waals surface area contributed by atoms with E-state index in [1.807, 2.05) is 0 Å². The first-order chi connectivity index (χ1) is 6.25. The van der Waals surface area contributed by atoms with Gasteiger partial charge in [0, 0.05) is 5.56 Å². The number of rotatable bonds is 2. The summed E-state index contributed by atoms with van der Waals surface area (Å²) in [5.41, 5.74) is 0.879. The topological polar surface area (TPSA) is 62.6 Å². The molecule has 3 amide bonds. The molecule has 1 aromatic heterocycles. The van der Waals surface area contributed by atoms with Crippen molar-refractivity contribution in [3.8, 4) is 0 Å². The second-order valence-electron chi connectivity index (χ2n) is 2.84. The van der Waals surface area contributed by atoms with Gasteiger partial charge >= 0.3 is 6.03 Å². The van der Waals surface area contributed by atoms with E-state index in [1.54, 1.807) is 12.3 Å². The normalized spacial score (nSPS) is 16.5. The molecule has 0 atom stereocenters. The summed E-state index contributed by atoms with van der Waals surface area (Å²) in [7, 11) is 0. The Labute approximate surface area is 74.3 Å². The van der Waals surface area contributed by atoms with Crippen LogP contribution >= 0.6 is 0 Å². The molecule has 1 fully saturated rings. The molecule has 0 unspecified atom stereocenters. The highest BCUT2D eigenvalue weighted by Crippen LogP contribution is 2.07.